The van der Waals surface area contributed by atoms with Crippen molar-refractivity contribution in [1.29, 1.82) is 0 Å². The summed E-state index contributed by atoms with van der Waals surface area (Å²) in [5.41, 5.74) is 1.86. The third kappa shape index (κ3) is 6.81. The normalized spacial score (nSPS) is 12.4. The fourth-order valence-corrected chi connectivity index (χ4v) is 4.88. The Kier molecular flexibility index (Phi) is 8.49. The van der Waals surface area contributed by atoms with Crippen LogP contribution in [0, 0.1) is 0 Å². The molecule has 6 nitrogen and oxygen atoms in total. The van der Waals surface area contributed by atoms with Gasteiger partial charge in [0.2, 0.25) is 15.9 Å². The van der Waals surface area contributed by atoms with Gasteiger partial charge < -0.3 is 10.1 Å². The molecule has 0 saturated heterocycles. The highest BCUT2D eigenvalue weighted by Gasteiger charge is 2.27. The van der Waals surface area contributed by atoms with Gasteiger partial charge in [-0.2, -0.15) is 4.31 Å². The summed E-state index contributed by atoms with van der Waals surface area (Å²) in [6.45, 7) is 1.72. The SMILES string of the molecule is COc1ccc(S(=O)(=O)N(CCc2ccccc2)CC(=O)NC(C)c2ccc(Cl)cc2)cc1. The molecule has 0 aliphatic carbocycles. The second-order valence-corrected chi connectivity index (χ2v) is 9.96. The van der Waals surface area contributed by atoms with Crippen molar-refractivity contribution in [3.05, 3.63) is 95.0 Å². The van der Waals surface area contributed by atoms with Crippen molar-refractivity contribution in [1.82, 2.24) is 9.62 Å². The molecule has 3 aromatic rings. The van der Waals surface area contributed by atoms with Gasteiger partial charge in [0.15, 0.2) is 0 Å². The number of methoxy groups -OCH3 is 1. The van der Waals surface area contributed by atoms with E-state index in [4.69, 9.17) is 16.3 Å². The summed E-state index contributed by atoms with van der Waals surface area (Å²) in [6.07, 6.45) is 0.482. The first-order valence-electron chi connectivity index (χ1n) is 10.5. The van der Waals surface area contributed by atoms with Gasteiger partial charge in [0.1, 0.15) is 5.75 Å². The van der Waals surface area contributed by atoms with Gasteiger partial charge in [-0.25, -0.2) is 8.42 Å². The van der Waals surface area contributed by atoms with Gasteiger partial charge >= 0.3 is 0 Å². The van der Waals surface area contributed by atoms with Crippen LogP contribution >= 0.6 is 11.6 Å². The summed E-state index contributed by atoms with van der Waals surface area (Å²) in [6, 6.07) is 22.6. The van der Waals surface area contributed by atoms with E-state index in [9.17, 15) is 13.2 Å². The lowest BCUT2D eigenvalue weighted by atomic mass is 10.1. The van der Waals surface area contributed by atoms with Crippen molar-refractivity contribution in [2.24, 2.45) is 0 Å². The molecule has 0 aromatic heterocycles. The number of halogens is 1. The van der Waals surface area contributed by atoms with Crippen LogP contribution in [-0.4, -0.2) is 38.8 Å². The topological polar surface area (TPSA) is 75.7 Å². The Morgan fingerprint density at radius 2 is 1.64 bits per heavy atom. The molecule has 0 aliphatic heterocycles. The van der Waals surface area contributed by atoms with Crippen LogP contribution in [0.15, 0.2) is 83.8 Å². The number of ether oxygens (including phenoxy) is 1. The largest absolute Gasteiger partial charge is 0.497 e. The fourth-order valence-electron chi connectivity index (χ4n) is 3.36. The number of benzene rings is 3. The Morgan fingerprint density at radius 3 is 2.24 bits per heavy atom. The Bertz CT molecular complexity index is 1150. The van der Waals surface area contributed by atoms with E-state index >= 15 is 0 Å². The Balaban J connectivity index is 1.77. The van der Waals surface area contributed by atoms with Crippen LogP contribution in [-0.2, 0) is 21.2 Å². The number of carbonyl (C=O) groups is 1. The monoisotopic (exact) mass is 486 g/mol. The summed E-state index contributed by atoms with van der Waals surface area (Å²) in [7, 11) is -2.38. The van der Waals surface area contributed by atoms with Crippen LogP contribution in [0.3, 0.4) is 0 Å². The van der Waals surface area contributed by atoms with Crippen LogP contribution < -0.4 is 10.1 Å². The zero-order valence-electron chi connectivity index (χ0n) is 18.6. The third-order valence-corrected chi connectivity index (χ3v) is 7.37. The van der Waals surface area contributed by atoms with E-state index in [1.165, 1.54) is 23.5 Å². The molecule has 33 heavy (non-hydrogen) atoms. The molecule has 1 unspecified atom stereocenters. The first-order valence-corrected chi connectivity index (χ1v) is 12.3. The molecule has 3 aromatic carbocycles. The molecule has 0 saturated carbocycles. The predicted octanol–water partition coefficient (Wildman–Crippen LogP) is 4.46. The van der Waals surface area contributed by atoms with Gasteiger partial charge in [-0.3, -0.25) is 4.79 Å². The molecule has 0 bridgehead atoms. The Morgan fingerprint density at radius 1 is 1.00 bits per heavy atom. The Labute approximate surface area is 200 Å². The van der Waals surface area contributed by atoms with Crippen LogP contribution in [0.25, 0.3) is 0 Å². The van der Waals surface area contributed by atoms with Crippen molar-refractivity contribution in [2.75, 3.05) is 20.2 Å². The zero-order valence-corrected chi connectivity index (χ0v) is 20.1. The number of hydrogen-bond acceptors (Lipinski definition) is 4. The van der Waals surface area contributed by atoms with E-state index in [2.05, 4.69) is 5.32 Å². The fraction of sp³-hybridized carbons (Fsp3) is 0.240. The minimum Gasteiger partial charge on any atom is -0.497 e. The van der Waals surface area contributed by atoms with Crippen LogP contribution in [0.1, 0.15) is 24.1 Å². The molecular formula is C25H27ClN2O4S. The van der Waals surface area contributed by atoms with Crippen molar-refractivity contribution in [3.8, 4) is 5.75 Å². The van der Waals surface area contributed by atoms with Crippen LogP contribution in [0.2, 0.25) is 5.02 Å². The first kappa shape index (κ1) is 24.8. The van der Waals surface area contributed by atoms with Gasteiger partial charge in [-0.05, 0) is 60.9 Å². The number of nitrogens with zero attached hydrogens (tertiary/aromatic N) is 1. The van der Waals surface area contributed by atoms with Crippen LogP contribution in [0.5, 0.6) is 5.75 Å². The second-order valence-electron chi connectivity index (χ2n) is 7.59. The van der Waals surface area contributed by atoms with E-state index in [-0.39, 0.29) is 29.9 Å². The molecule has 0 aliphatic rings. The molecule has 0 spiro atoms. The number of nitrogens with one attached hydrogen (secondary N) is 1. The average Bonchev–Trinajstić information content (AvgIpc) is 2.82. The molecule has 0 radical (unpaired) electrons. The molecule has 1 atom stereocenters. The average molecular weight is 487 g/mol. The maximum Gasteiger partial charge on any atom is 0.243 e. The second kappa shape index (κ2) is 11.3. The molecular weight excluding hydrogens is 460 g/mol. The minimum atomic E-state index is -3.90. The summed E-state index contributed by atoms with van der Waals surface area (Å²) in [4.78, 5) is 12.9. The molecule has 1 N–H and O–H groups in total. The number of amides is 1. The molecule has 8 heteroatoms. The highest BCUT2D eigenvalue weighted by atomic mass is 35.5. The van der Waals surface area contributed by atoms with Gasteiger partial charge in [0, 0.05) is 11.6 Å². The molecule has 0 fully saturated rings. The zero-order chi connectivity index (χ0) is 23.8. The highest BCUT2D eigenvalue weighted by molar-refractivity contribution is 7.89. The quantitative estimate of drug-likeness (QED) is 0.459. The van der Waals surface area contributed by atoms with Crippen molar-refractivity contribution < 1.29 is 17.9 Å². The molecule has 3 rings (SSSR count). The predicted molar refractivity (Wildman–Crippen MR) is 130 cm³/mol. The lowest BCUT2D eigenvalue weighted by molar-refractivity contribution is -0.121. The van der Waals surface area contributed by atoms with E-state index in [0.717, 1.165) is 11.1 Å². The summed E-state index contributed by atoms with van der Waals surface area (Å²) in [5, 5.41) is 3.48. The number of carbonyl (C=O) groups excluding carboxylic acids is 1. The first-order chi connectivity index (χ1) is 15.8. The summed E-state index contributed by atoms with van der Waals surface area (Å²) in [5.74, 6) is 0.168. The van der Waals surface area contributed by atoms with E-state index in [1.54, 1.807) is 24.3 Å². The van der Waals surface area contributed by atoms with E-state index < -0.39 is 10.0 Å². The van der Waals surface area contributed by atoms with E-state index in [1.807, 2.05) is 49.4 Å². The minimum absolute atomic E-state index is 0.106. The number of rotatable bonds is 10. The summed E-state index contributed by atoms with van der Waals surface area (Å²) < 4.78 is 33.1. The number of sulfonamides is 1. The van der Waals surface area contributed by atoms with Crippen LogP contribution in [0.4, 0.5) is 0 Å². The highest BCUT2D eigenvalue weighted by Crippen LogP contribution is 2.21. The molecule has 0 heterocycles. The lowest BCUT2D eigenvalue weighted by Crippen LogP contribution is -2.42. The Hall–Kier alpha value is -2.87. The standard InChI is InChI=1S/C25H27ClN2O4S/c1-19(21-8-10-22(26)11-9-21)27-25(29)18-28(17-16-20-6-4-3-5-7-20)33(30,31)24-14-12-23(32-2)13-15-24/h3-15,19H,16-18H2,1-2H3,(H,27,29). The van der Waals surface area contributed by atoms with Gasteiger partial charge in [-0.15, -0.1) is 0 Å². The van der Waals surface area contributed by atoms with Crippen molar-refractivity contribution >= 4 is 27.5 Å². The number of hydrogen-bond donors (Lipinski definition) is 1. The molecule has 174 valence electrons. The smallest absolute Gasteiger partial charge is 0.243 e. The van der Waals surface area contributed by atoms with Gasteiger partial charge in [-0.1, -0.05) is 54.1 Å². The lowest BCUT2D eigenvalue weighted by Gasteiger charge is -2.23. The maximum atomic E-state index is 13.4. The maximum absolute atomic E-state index is 13.4. The summed E-state index contributed by atoms with van der Waals surface area (Å²) >= 11 is 5.94. The van der Waals surface area contributed by atoms with Crippen molar-refractivity contribution in [3.63, 3.8) is 0 Å². The van der Waals surface area contributed by atoms with Crippen molar-refractivity contribution in [2.45, 2.75) is 24.3 Å². The van der Waals surface area contributed by atoms with E-state index in [0.29, 0.717) is 17.2 Å². The van der Waals surface area contributed by atoms with Gasteiger partial charge in [0.05, 0.1) is 24.6 Å². The molecule has 1 amide bonds. The third-order valence-electron chi connectivity index (χ3n) is 5.26. The van der Waals surface area contributed by atoms with Gasteiger partial charge in [0.25, 0.3) is 0 Å².